The summed E-state index contributed by atoms with van der Waals surface area (Å²) >= 11 is 0. The molecule has 0 atom stereocenters. The molecule has 0 aromatic heterocycles. The number of hydrogen-bond acceptors (Lipinski definition) is 1. The van der Waals surface area contributed by atoms with E-state index in [0.717, 1.165) is 19.4 Å². The molecular formula is C19H29NO. The third-order valence-electron chi connectivity index (χ3n) is 5.15. The van der Waals surface area contributed by atoms with Crippen molar-refractivity contribution in [3.63, 3.8) is 0 Å². The Bertz CT molecular complexity index is 470. The maximum atomic E-state index is 12.3. The summed E-state index contributed by atoms with van der Waals surface area (Å²) < 4.78 is 0. The number of hydrogen-bond donors (Lipinski definition) is 1. The Hall–Kier alpha value is -1.31. The molecule has 0 heterocycles. The fourth-order valence-corrected chi connectivity index (χ4v) is 3.65. The van der Waals surface area contributed by atoms with E-state index in [9.17, 15) is 4.79 Å². The molecule has 0 bridgehead atoms. The summed E-state index contributed by atoms with van der Waals surface area (Å²) in [7, 11) is 0. The van der Waals surface area contributed by atoms with Gasteiger partial charge in [-0.1, -0.05) is 56.5 Å². The zero-order chi connectivity index (χ0) is 15.3. The Kier molecular flexibility index (Phi) is 5.44. The number of benzene rings is 1. The molecule has 116 valence electrons. The maximum Gasteiger partial charge on any atom is 0.223 e. The number of aryl methyl sites for hydroxylation is 1. The molecular weight excluding hydrogens is 258 g/mol. The minimum absolute atomic E-state index is 0.160. The van der Waals surface area contributed by atoms with Gasteiger partial charge in [-0.3, -0.25) is 4.79 Å². The lowest BCUT2D eigenvalue weighted by Crippen LogP contribution is -2.41. The largest absolute Gasteiger partial charge is 0.355 e. The highest BCUT2D eigenvalue weighted by Crippen LogP contribution is 2.40. The lowest BCUT2D eigenvalue weighted by atomic mass is 9.78. The molecule has 21 heavy (non-hydrogen) atoms. The van der Waals surface area contributed by atoms with Crippen molar-refractivity contribution in [3.05, 3.63) is 35.4 Å². The number of carbonyl (C=O) groups is 1. The summed E-state index contributed by atoms with van der Waals surface area (Å²) in [5, 5.41) is 3.25. The van der Waals surface area contributed by atoms with Crippen molar-refractivity contribution in [3.8, 4) is 0 Å². The fourth-order valence-electron chi connectivity index (χ4n) is 3.65. The molecule has 2 rings (SSSR count). The van der Waals surface area contributed by atoms with E-state index >= 15 is 0 Å². The molecule has 2 nitrogen and oxygen atoms in total. The maximum absolute atomic E-state index is 12.3. The zero-order valence-corrected chi connectivity index (χ0v) is 13.7. The van der Waals surface area contributed by atoms with E-state index in [-0.39, 0.29) is 17.2 Å². The molecule has 0 radical (unpaired) electrons. The van der Waals surface area contributed by atoms with E-state index in [1.54, 1.807) is 0 Å². The Morgan fingerprint density at radius 3 is 2.48 bits per heavy atom. The lowest BCUT2D eigenvalue weighted by molar-refractivity contribution is -0.125. The normalized spacial score (nSPS) is 17.1. The van der Waals surface area contributed by atoms with Crippen molar-refractivity contribution >= 4 is 5.91 Å². The summed E-state index contributed by atoms with van der Waals surface area (Å²) in [5.74, 6) is 0.403. The second-order valence-corrected chi connectivity index (χ2v) is 6.59. The summed E-state index contributed by atoms with van der Waals surface area (Å²) in [6.45, 7) is 7.14. The predicted molar refractivity (Wildman–Crippen MR) is 88.4 cm³/mol. The molecule has 1 N–H and O–H groups in total. The smallest absolute Gasteiger partial charge is 0.223 e. The van der Waals surface area contributed by atoms with Gasteiger partial charge >= 0.3 is 0 Å². The third kappa shape index (κ3) is 3.66. The van der Waals surface area contributed by atoms with E-state index < -0.39 is 0 Å². The van der Waals surface area contributed by atoms with Crippen LogP contribution in [0.5, 0.6) is 0 Å². The summed E-state index contributed by atoms with van der Waals surface area (Å²) in [6, 6.07) is 8.83. The van der Waals surface area contributed by atoms with Crippen molar-refractivity contribution in [1.29, 1.82) is 0 Å². The Labute approximate surface area is 129 Å². The van der Waals surface area contributed by atoms with Crippen LogP contribution in [-0.4, -0.2) is 12.5 Å². The quantitative estimate of drug-likeness (QED) is 0.827. The van der Waals surface area contributed by atoms with Crippen LogP contribution in [0, 0.1) is 12.8 Å². The molecule has 1 aliphatic carbocycles. The monoisotopic (exact) mass is 287 g/mol. The number of rotatable bonds is 6. The van der Waals surface area contributed by atoms with Gasteiger partial charge in [0.2, 0.25) is 5.91 Å². The van der Waals surface area contributed by atoms with Crippen molar-refractivity contribution < 1.29 is 4.79 Å². The first kappa shape index (κ1) is 16.1. The zero-order valence-electron chi connectivity index (χ0n) is 13.7. The highest BCUT2D eigenvalue weighted by molar-refractivity contribution is 5.78. The minimum atomic E-state index is 0.160. The van der Waals surface area contributed by atoms with E-state index in [1.165, 1.54) is 36.8 Å². The lowest BCUT2D eigenvalue weighted by Gasteiger charge is -2.31. The second-order valence-electron chi connectivity index (χ2n) is 6.59. The SMILES string of the molecule is CCC(CC)C(=O)NCC1(c2cccc(C)c2)CCCC1. The standard InChI is InChI=1S/C19H29NO/c1-4-16(5-2)18(21)20-14-19(11-6-7-12-19)17-10-8-9-15(3)13-17/h8-10,13,16H,4-7,11-12,14H2,1-3H3,(H,20,21). The molecule has 1 aromatic carbocycles. The molecule has 1 amide bonds. The molecule has 0 saturated heterocycles. The van der Waals surface area contributed by atoms with E-state index in [1.807, 2.05) is 0 Å². The van der Waals surface area contributed by atoms with Gasteiger partial charge in [0.25, 0.3) is 0 Å². The highest BCUT2D eigenvalue weighted by atomic mass is 16.1. The Balaban J connectivity index is 2.11. The number of amides is 1. The third-order valence-corrected chi connectivity index (χ3v) is 5.15. The average Bonchev–Trinajstić information content (AvgIpc) is 2.96. The van der Waals surface area contributed by atoms with Gasteiger partial charge in [0.05, 0.1) is 0 Å². The number of carbonyl (C=O) groups excluding carboxylic acids is 1. The first-order chi connectivity index (χ1) is 10.1. The van der Waals surface area contributed by atoms with Crippen LogP contribution in [0.1, 0.15) is 63.5 Å². The first-order valence-corrected chi connectivity index (χ1v) is 8.46. The Morgan fingerprint density at radius 2 is 1.90 bits per heavy atom. The molecule has 1 fully saturated rings. The van der Waals surface area contributed by atoms with Crippen molar-refractivity contribution in [1.82, 2.24) is 5.32 Å². The van der Waals surface area contributed by atoms with Gasteiger partial charge in [-0.15, -0.1) is 0 Å². The topological polar surface area (TPSA) is 29.1 Å². The molecule has 1 aromatic rings. The summed E-state index contributed by atoms with van der Waals surface area (Å²) in [4.78, 5) is 12.3. The molecule has 2 heteroatoms. The second kappa shape index (κ2) is 7.11. The summed E-state index contributed by atoms with van der Waals surface area (Å²) in [6.07, 6.45) is 6.79. The van der Waals surface area contributed by atoms with Gasteiger partial charge in [-0.2, -0.15) is 0 Å². The first-order valence-electron chi connectivity index (χ1n) is 8.46. The Morgan fingerprint density at radius 1 is 1.24 bits per heavy atom. The van der Waals surface area contributed by atoms with Gasteiger partial charge < -0.3 is 5.32 Å². The van der Waals surface area contributed by atoms with Crippen molar-refractivity contribution in [2.24, 2.45) is 5.92 Å². The fraction of sp³-hybridized carbons (Fsp3) is 0.632. The van der Waals surface area contributed by atoms with Crippen LogP contribution >= 0.6 is 0 Å². The van der Waals surface area contributed by atoms with Crippen LogP contribution in [0.25, 0.3) is 0 Å². The van der Waals surface area contributed by atoms with Crippen LogP contribution < -0.4 is 5.32 Å². The molecule has 0 unspecified atom stereocenters. The van der Waals surface area contributed by atoms with Crippen LogP contribution in [-0.2, 0) is 10.2 Å². The van der Waals surface area contributed by atoms with E-state index in [0.29, 0.717) is 0 Å². The molecule has 0 spiro atoms. The van der Waals surface area contributed by atoms with Gasteiger partial charge in [-0.05, 0) is 38.2 Å². The molecule has 0 aliphatic heterocycles. The number of nitrogens with one attached hydrogen (secondary N) is 1. The molecule has 1 aliphatic rings. The van der Waals surface area contributed by atoms with Crippen LogP contribution in [0.3, 0.4) is 0 Å². The van der Waals surface area contributed by atoms with Crippen molar-refractivity contribution in [2.75, 3.05) is 6.54 Å². The average molecular weight is 287 g/mol. The van der Waals surface area contributed by atoms with E-state index in [2.05, 4.69) is 50.4 Å². The van der Waals surface area contributed by atoms with Crippen LogP contribution in [0.15, 0.2) is 24.3 Å². The molecule has 1 saturated carbocycles. The summed E-state index contributed by atoms with van der Waals surface area (Å²) in [5.41, 5.74) is 2.88. The predicted octanol–water partition coefficient (Wildman–Crippen LogP) is 4.36. The van der Waals surface area contributed by atoms with Gasteiger partial charge in [0.1, 0.15) is 0 Å². The van der Waals surface area contributed by atoms with E-state index in [4.69, 9.17) is 0 Å². The van der Waals surface area contributed by atoms with Gasteiger partial charge in [0.15, 0.2) is 0 Å². The van der Waals surface area contributed by atoms with Crippen molar-refractivity contribution in [2.45, 2.75) is 64.7 Å². The van der Waals surface area contributed by atoms with Gasteiger partial charge in [0, 0.05) is 17.9 Å². The van der Waals surface area contributed by atoms with Gasteiger partial charge in [-0.25, -0.2) is 0 Å². The van der Waals surface area contributed by atoms with Crippen LogP contribution in [0.2, 0.25) is 0 Å². The minimum Gasteiger partial charge on any atom is -0.355 e. The highest BCUT2D eigenvalue weighted by Gasteiger charge is 2.36. The van der Waals surface area contributed by atoms with Crippen LogP contribution in [0.4, 0.5) is 0 Å².